The van der Waals surface area contributed by atoms with Gasteiger partial charge in [0, 0.05) is 13.0 Å². The molecular weight excluding hydrogens is 274 g/mol. The molecule has 0 saturated heterocycles. The molecule has 0 unspecified atom stereocenters. The van der Waals surface area contributed by atoms with E-state index in [4.69, 9.17) is 0 Å². The van der Waals surface area contributed by atoms with Gasteiger partial charge in [-0.3, -0.25) is 10.1 Å². The lowest BCUT2D eigenvalue weighted by molar-refractivity contribution is -0.116. The van der Waals surface area contributed by atoms with E-state index in [9.17, 15) is 4.79 Å². The summed E-state index contributed by atoms with van der Waals surface area (Å²) in [6.07, 6.45) is 7.89. The number of benzene rings is 1. The number of amides is 1. The number of imidazole rings is 1. The molecule has 1 amide bonds. The van der Waals surface area contributed by atoms with E-state index in [0.29, 0.717) is 12.4 Å². The van der Waals surface area contributed by atoms with Crippen LogP contribution in [0.4, 0.5) is 5.95 Å². The average molecular weight is 299 g/mol. The molecule has 2 aromatic rings. The number of aryl methyl sites for hydroxylation is 1. The zero-order valence-corrected chi connectivity index (χ0v) is 13.3. The van der Waals surface area contributed by atoms with Crippen LogP contribution in [0.15, 0.2) is 24.3 Å². The molecular formula is C18H25N3O. The fourth-order valence-corrected chi connectivity index (χ4v) is 3.44. The predicted molar refractivity (Wildman–Crippen MR) is 89.8 cm³/mol. The van der Waals surface area contributed by atoms with E-state index in [0.717, 1.165) is 36.3 Å². The highest BCUT2D eigenvalue weighted by Gasteiger charge is 2.17. The van der Waals surface area contributed by atoms with Gasteiger partial charge in [0.25, 0.3) is 0 Å². The van der Waals surface area contributed by atoms with E-state index in [2.05, 4.69) is 27.9 Å². The lowest BCUT2D eigenvalue weighted by Gasteiger charge is -2.10. The van der Waals surface area contributed by atoms with Crippen LogP contribution in [0.25, 0.3) is 11.0 Å². The maximum absolute atomic E-state index is 12.2. The second-order valence-corrected chi connectivity index (χ2v) is 6.31. The first kappa shape index (κ1) is 15.1. The van der Waals surface area contributed by atoms with E-state index in [1.807, 2.05) is 18.2 Å². The molecule has 1 saturated carbocycles. The van der Waals surface area contributed by atoms with E-state index >= 15 is 0 Å². The number of para-hydroxylation sites is 2. The Bertz CT molecular complexity index is 641. The second kappa shape index (κ2) is 6.95. The predicted octanol–water partition coefficient (Wildman–Crippen LogP) is 4.36. The molecule has 0 radical (unpaired) electrons. The van der Waals surface area contributed by atoms with Gasteiger partial charge in [-0.15, -0.1) is 0 Å². The summed E-state index contributed by atoms with van der Waals surface area (Å²) in [6, 6.07) is 8.06. The number of hydrogen-bond acceptors (Lipinski definition) is 2. The molecule has 1 heterocycles. The van der Waals surface area contributed by atoms with Gasteiger partial charge < -0.3 is 4.57 Å². The number of nitrogens with zero attached hydrogens (tertiary/aromatic N) is 2. The highest BCUT2D eigenvalue weighted by Crippen LogP contribution is 2.28. The lowest BCUT2D eigenvalue weighted by atomic mass is 10.0. The van der Waals surface area contributed by atoms with Gasteiger partial charge in [0.05, 0.1) is 11.0 Å². The summed E-state index contributed by atoms with van der Waals surface area (Å²) < 4.78 is 2.11. The average Bonchev–Trinajstić information content (AvgIpc) is 3.14. The number of nitrogens with one attached hydrogen (secondary N) is 1. The highest BCUT2D eigenvalue weighted by molar-refractivity contribution is 5.91. The first-order valence-corrected chi connectivity index (χ1v) is 8.53. The van der Waals surface area contributed by atoms with Gasteiger partial charge in [-0.25, -0.2) is 4.98 Å². The molecule has 0 atom stereocenters. The molecule has 1 aliphatic rings. The van der Waals surface area contributed by atoms with Gasteiger partial charge in [0.2, 0.25) is 11.9 Å². The lowest BCUT2D eigenvalue weighted by Crippen LogP contribution is -2.16. The highest BCUT2D eigenvalue weighted by atomic mass is 16.1. The van der Waals surface area contributed by atoms with Crippen molar-refractivity contribution >= 4 is 22.9 Å². The Hall–Kier alpha value is -1.84. The number of rotatable bonds is 6. The molecule has 4 nitrogen and oxygen atoms in total. The minimum Gasteiger partial charge on any atom is -0.310 e. The minimum atomic E-state index is 0.0968. The van der Waals surface area contributed by atoms with Crippen molar-refractivity contribution in [1.82, 2.24) is 9.55 Å². The number of anilines is 1. The normalized spacial score (nSPS) is 15.5. The molecule has 118 valence electrons. The smallest absolute Gasteiger partial charge is 0.226 e. The van der Waals surface area contributed by atoms with Crippen LogP contribution in [0, 0.1) is 5.92 Å². The summed E-state index contributed by atoms with van der Waals surface area (Å²) in [6.45, 7) is 3.01. The van der Waals surface area contributed by atoms with Crippen molar-refractivity contribution < 1.29 is 4.79 Å². The van der Waals surface area contributed by atoms with Crippen LogP contribution >= 0.6 is 0 Å². The standard InChI is InChI=1S/C18H25N3O/c1-2-13-21-16-10-6-5-9-15(16)19-18(21)20-17(22)12-11-14-7-3-4-8-14/h5-6,9-10,14H,2-4,7-8,11-13H2,1H3,(H,19,20,22). The Morgan fingerprint density at radius 3 is 2.86 bits per heavy atom. The van der Waals surface area contributed by atoms with Crippen molar-refractivity contribution in [2.45, 2.75) is 58.4 Å². The van der Waals surface area contributed by atoms with Crippen LogP contribution in [0.2, 0.25) is 0 Å². The number of hydrogen-bond donors (Lipinski definition) is 1. The van der Waals surface area contributed by atoms with Crippen molar-refractivity contribution in [2.24, 2.45) is 5.92 Å². The monoisotopic (exact) mass is 299 g/mol. The number of aromatic nitrogens is 2. The quantitative estimate of drug-likeness (QED) is 0.861. The third-order valence-corrected chi connectivity index (χ3v) is 4.61. The van der Waals surface area contributed by atoms with Crippen LogP contribution in [-0.4, -0.2) is 15.5 Å². The largest absolute Gasteiger partial charge is 0.310 e. The molecule has 22 heavy (non-hydrogen) atoms. The summed E-state index contributed by atoms with van der Waals surface area (Å²) in [5.74, 6) is 1.54. The molecule has 1 fully saturated rings. The van der Waals surface area contributed by atoms with Gasteiger partial charge in [-0.1, -0.05) is 44.7 Å². The van der Waals surface area contributed by atoms with Gasteiger partial charge >= 0.3 is 0 Å². The van der Waals surface area contributed by atoms with E-state index in [1.54, 1.807) is 0 Å². The van der Waals surface area contributed by atoms with E-state index in [1.165, 1.54) is 25.7 Å². The SMILES string of the molecule is CCCn1c(NC(=O)CCC2CCCC2)nc2ccccc21. The first-order chi connectivity index (χ1) is 10.8. The van der Waals surface area contributed by atoms with E-state index < -0.39 is 0 Å². The van der Waals surface area contributed by atoms with Crippen LogP contribution in [0.1, 0.15) is 51.9 Å². The third-order valence-electron chi connectivity index (χ3n) is 4.61. The molecule has 1 aromatic heterocycles. The van der Waals surface area contributed by atoms with Crippen molar-refractivity contribution in [3.63, 3.8) is 0 Å². The molecule has 1 aliphatic carbocycles. The fraction of sp³-hybridized carbons (Fsp3) is 0.556. The molecule has 3 rings (SSSR count). The molecule has 1 aromatic carbocycles. The number of fused-ring (bicyclic) bond motifs is 1. The molecule has 0 bridgehead atoms. The zero-order valence-electron chi connectivity index (χ0n) is 13.3. The van der Waals surface area contributed by atoms with Crippen molar-refractivity contribution in [1.29, 1.82) is 0 Å². The maximum Gasteiger partial charge on any atom is 0.226 e. The first-order valence-electron chi connectivity index (χ1n) is 8.53. The summed E-state index contributed by atoms with van der Waals surface area (Å²) in [4.78, 5) is 16.8. The summed E-state index contributed by atoms with van der Waals surface area (Å²) in [5, 5.41) is 3.02. The third kappa shape index (κ3) is 3.32. The second-order valence-electron chi connectivity index (χ2n) is 6.31. The van der Waals surface area contributed by atoms with Gasteiger partial charge in [0.15, 0.2) is 0 Å². The molecule has 1 N–H and O–H groups in total. The Morgan fingerprint density at radius 2 is 2.09 bits per heavy atom. The van der Waals surface area contributed by atoms with Crippen molar-refractivity contribution in [3.8, 4) is 0 Å². The summed E-state index contributed by atoms with van der Waals surface area (Å²) in [7, 11) is 0. The molecule has 0 spiro atoms. The summed E-state index contributed by atoms with van der Waals surface area (Å²) in [5.41, 5.74) is 2.04. The van der Waals surface area contributed by atoms with Gasteiger partial charge in [0.1, 0.15) is 0 Å². The molecule has 4 heteroatoms. The topological polar surface area (TPSA) is 46.9 Å². The number of carbonyl (C=O) groups excluding carboxylic acids is 1. The van der Waals surface area contributed by atoms with E-state index in [-0.39, 0.29) is 5.91 Å². The molecule has 0 aliphatic heterocycles. The Kier molecular flexibility index (Phi) is 4.76. The van der Waals surface area contributed by atoms with Gasteiger partial charge in [-0.05, 0) is 30.9 Å². The van der Waals surface area contributed by atoms with Crippen molar-refractivity contribution in [3.05, 3.63) is 24.3 Å². The minimum absolute atomic E-state index is 0.0968. The van der Waals surface area contributed by atoms with Crippen LogP contribution in [0.5, 0.6) is 0 Å². The Labute approximate surface area is 131 Å². The zero-order chi connectivity index (χ0) is 15.4. The summed E-state index contributed by atoms with van der Waals surface area (Å²) >= 11 is 0. The van der Waals surface area contributed by atoms with Crippen LogP contribution in [-0.2, 0) is 11.3 Å². The van der Waals surface area contributed by atoms with Gasteiger partial charge in [-0.2, -0.15) is 0 Å². The Morgan fingerprint density at radius 1 is 1.32 bits per heavy atom. The maximum atomic E-state index is 12.2. The van der Waals surface area contributed by atoms with Crippen LogP contribution in [0.3, 0.4) is 0 Å². The fourth-order valence-electron chi connectivity index (χ4n) is 3.44. The van der Waals surface area contributed by atoms with Crippen molar-refractivity contribution in [2.75, 3.05) is 5.32 Å². The van der Waals surface area contributed by atoms with Crippen LogP contribution < -0.4 is 5.32 Å². The Balaban J connectivity index is 1.69. The number of carbonyl (C=O) groups is 1.